The summed E-state index contributed by atoms with van der Waals surface area (Å²) in [6.45, 7) is 4.47. The van der Waals surface area contributed by atoms with E-state index in [1.54, 1.807) is 0 Å². The highest BCUT2D eigenvalue weighted by Gasteiger charge is 2.25. The summed E-state index contributed by atoms with van der Waals surface area (Å²) in [6, 6.07) is 3.57. The van der Waals surface area contributed by atoms with Gasteiger partial charge < -0.3 is 10.2 Å². The SMILES string of the molecule is CC1CC(NCc2cc(Br)cs2)CN1C. The quantitative estimate of drug-likeness (QED) is 0.920. The van der Waals surface area contributed by atoms with Gasteiger partial charge in [-0.3, -0.25) is 0 Å². The van der Waals surface area contributed by atoms with Crippen molar-refractivity contribution < 1.29 is 0 Å². The first-order valence-corrected chi connectivity index (χ1v) is 6.99. The van der Waals surface area contributed by atoms with Gasteiger partial charge in [0.15, 0.2) is 0 Å². The molecule has 1 saturated heterocycles. The summed E-state index contributed by atoms with van der Waals surface area (Å²) < 4.78 is 1.20. The van der Waals surface area contributed by atoms with Crippen LogP contribution in [0.15, 0.2) is 15.9 Å². The number of hydrogen-bond donors (Lipinski definition) is 1. The third-order valence-corrected chi connectivity index (χ3v) is 4.77. The first-order chi connectivity index (χ1) is 7.15. The van der Waals surface area contributed by atoms with Crippen molar-refractivity contribution in [3.63, 3.8) is 0 Å². The summed E-state index contributed by atoms with van der Waals surface area (Å²) in [4.78, 5) is 3.83. The van der Waals surface area contributed by atoms with Gasteiger partial charge in [0.1, 0.15) is 0 Å². The largest absolute Gasteiger partial charge is 0.308 e. The first kappa shape index (κ1) is 11.6. The van der Waals surface area contributed by atoms with Crippen molar-refractivity contribution in [3.8, 4) is 0 Å². The molecule has 1 aromatic rings. The van der Waals surface area contributed by atoms with Crippen molar-refractivity contribution >= 4 is 27.3 Å². The van der Waals surface area contributed by atoms with Crippen LogP contribution >= 0.6 is 27.3 Å². The number of hydrogen-bond acceptors (Lipinski definition) is 3. The van der Waals surface area contributed by atoms with Gasteiger partial charge in [0.25, 0.3) is 0 Å². The molecule has 1 aliphatic rings. The fraction of sp³-hybridized carbons (Fsp3) is 0.636. The Morgan fingerprint density at radius 2 is 2.47 bits per heavy atom. The highest BCUT2D eigenvalue weighted by molar-refractivity contribution is 9.10. The zero-order valence-electron chi connectivity index (χ0n) is 9.16. The lowest BCUT2D eigenvalue weighted by Crippen LogP contribution is -2.30. The van der Waals surface area contributed by atoms with E-state index in [2.05, 4.69) is 51.6 Å². The van der Waals surface area contributed by atoms with Gasteiger partial charge in [0.05, 0.1) is 0 Å². The maximum Gasteiger partial charge on any atom is 0.0303 e. The highest BCUT2D eigenvalue weighted by atomic mass is 79.9. The minimum Gasteiger partial charge on any atom is -0.308 e. The molecule has 2 unspecified atom stereocenters. The molecule has 0 bridgehead atoms. The number of thiophene rings is 1. The van der Waals surface area contributed by atoms with Gasteiger partial charge in [0, 0.05) is 39.9 Å². The van der Waals surface area contributed by atoms with Gasteiger partial charge >= 0.3 is 0 Å². The van der Waals surface area contributed by atoms with Crippen LogP contribution in [-0.4, -0.2) is 30.6 Å². The molecule has 0 spiro atoms. The summed E-state index contributed by atoms with van der Waals surface area (Å²) in [5.41, 5.74) is 0. The molecule has 2 atom stereocenters. The second-order valence-electron chi connectivity index (χ2n) is 4.33. The molecule has 84 valence electrons. The molecule has 0 amide bonds. The van der Waals surface area contributed by atoms with E-state index in [4.69, 9.17) is 0 Å². The summed E-state index contributed by atoms with van der Waals surface area (Å²) in [5.74, 6) is 0. The Morgan fingerprint density at radius 1 is 1.67 bits per heavy atom. The molecule has 0 radical (unpaired) electrons. The van der Waals surface area contributed by atoms with Crippen LogP contribution in [0.4, 0.5) is 0 Å². The Kier molecular flexibility index (Phi) is 3.83. The van der Waals surface area contributed by atoms with Gasteiger partial charge in [-0.15, -0.1) is 11.3 Å². The molecule has 1 aliphatic heterocycles. The lowest BCUT2D eigenvalue weighted by Gasteiger charge is -2.12. The fourth-order valence-electron chi connectivity index (χ4n) is 2.03. The smallest absolute Gasteiger partial charge is 0.0303 e. The van der Waals surface area contributed by atoms with Crippen molar-refractivity contribution in [3.05, 3.63) is 20.8 Å². The van der Waals surface area contributed by atoms with Crippen LogP contribution in [0.25, 0.3) is 0 Å². The predicted octanol–water partition coefficient (Wildman–Crippen LogP) is 2.69. The topological polar surface area (TPSA) is 15.3 Å². The van der Waals surface area contributed by atoms with Crippen molar-refractivity contribution in [2.45, 2.75) is 32.0 Å². The van der Waals surface area contributed by atoms with Crippen molar-refractivity contribution in [2.75, 3.05) is 13.6 Å². The van der Waals surface area contributed by atoms with Crippen molar-refractivity contribution in [1.29, 1.82) is 0 Å². The molecule has 2 heterocycles. The third kappa shape index (κ3) is 3.03. The van der Waals surface area contributed by atoms with Gasteiger partial charge in [-0.25, -0.2) is 0 Å². The predicted molar refractivity (Wildman–Crippen MR) is 69.4 cm³/mol. The van der Waals surface area contributed by atoms with E-state index in [-0.39, 0.29) is 0 Å². The molecule has 4 heteroatoms. The molecule has 1 N–H and O–H groups in total. The Labute approximate surface area is 104 Å². The lowest BCUT2D eigenvalue weighted by molar-refractivity contribution is 0.326. The van der Waals surface area contributed by atoms with Crippen LogP contribution in [0.5, 0.6) is 0 Å². The normalized spacial score (nSPS) is 27.4. The molecule has 0 aromatic carbocycles. The molecular formula is C11H17BrN2S. The van der Waals surface area contributed by atoms with E-state index in [1.807, 2.05) is 11.3 Å². The van der Waals surface area contributed by atoms with Crippen LogP contribution in [0.1, 0.15) is 18.2 Å². The van der Waals surface area contributed by atoms with Crippen LogP contribution < -0.4 is 5.32 Å². The minimum atomic E-state index is 0.658. The standard InChI is InChI=1S/C11H17BrN2S/c1-8-3-10(6-14(8)2)13-5-11-4-9(12)7-15-11/h4,7-8,10,13H,3,5-6H2,1-2H3. The Bertz CT molecular complexity index is 316. The number of halogens is 1. The van der Waals surface area contributed by atoms with Crippen LogP contribution in [0.3, 0.4) is 0 Å². The number of nitrogens with one attached hydrogen (secondary N) is 1. The van der Waals surface area contributed by atoms with E-state index >= 15 is 0 Å². The average Bonchev–Trinajstić information content (AvgIpc) is 2.72. The fourth-order valence-corrected chi connectivity index (χ4v) is 3.44. The summed E-state index contributed by atoms with van der Waals surface area (Å²) in [5, 5.41) is 5.76. The second-order valence-corrected chi connectivity index (χ2v) is 6.24. The molecule has 1 aromatic heterocycles. The van der Waals surface area contributed by atoms with E-state index in [0.29, 0.717) is 6.04 Å². The summed E-state index contributed by atoms with van der Waals surface area (Å²) in [7, 11) is 2.20. The van der Waals surface area contributed by atoms with E-state index in [0.717, 1.165) is 12.6 Å². The van der Waals surface area contributed by atoms with Gasteiger partial charge in [-0.05, 0) is 42.4 Å². The number of rotatable bonds is 3. The summed E-state index contributed by atoms with van der Waals surface area (Å²) in [6.07, 6.45) is 1.27. The van der Waals surface area contributed by atoms with Gasteiger partial charge in [-0.1, -0.05) is 0 Å². The molecule has 15 heavy (non-hydrogen) atoms. The maximum absolute atomic E-state index is 3.62. The third-order valence-electron chi connectivity index (χ3n) is 3.07. The van der Waals surface area contributed by atoms with Crippen molar-refractivity contribution in [2.24, 2.45) is 0 Å². The molecule has 1 fully saturated rings. The van der Waals surface area contributed by atoms with Crippen molar-refractivity contribution in [1.82, 2.24) is 10.2 Å². The van der Waals surface area contributed by atoms with E-state index in [9.17, 15) is 0 Å². The van der Waals surface area contributed by atoms with Gasteiger partial charge in [0.2, 0.25) is 0 Å². The van der Waals surface area contributed by atoms with Crippen LogP contribution in [-0.2, 0) is 6.54 Å². The number of nitrogens with zero attached hydrogens (tertiary/aromatic N) is 1. The minimum absolute atomic E-state index is 0.658. The zero-order chi connectivity index (χ0) is 10.8. The zero-order valence-corrected chi connectivity index (χ0v) is 11.6. The van der Waals surface area contributed by atoms with E-state index < -0.39 is 0 Å². The Hall–Kier alpha value is 0.1000. The van der Waals surface area contributed by atoms with E-state index in [1.165, 1.54) is 22.3 Å². The monoisotopic (exact) mass is 288 g/mol. The summed E-state index contributed by atoms with van der Waals surface area (Å²) >= 11 is 5.29. The van der Waals surface area contributed by atoms with Crippen LogP contribution in [0, 0.1) is 0 Å². The first-order valence-electron chi connectivity index (χ1n) is 5.31. The molecular weight excluding hydrogens is 272 g/mol. The second kappa shape index (κ2) is 4.95. The number of likely N-dealkylation sites (N-methyl/N-ethyl adjacent to an activating group) is 1. The molecule has 0 aliphatic carbocycles. The molecule has 2 rings (SSSR count). The average molecular weight is 289 g/mol. The highest BCUT2D eigenvalue weighted by Crippen LogP contribution is 2.20. The Balaban J connectivity index is 1.79. The lowest BCUT2D eigenvalue weighted by atomic mass is 10.2. The number of likely N-dealkylation sites (tertiary alicyclic amines) is 1. The van der Waals surface area contributed by atoms with Gasteiger partial charge in [-0.2, -0.15) is 0 Å². The Morgan fingerprint density at radius 3 is 3.00 bits per heavy atom. The van der Waals surface area contributed by atoms with Crippen LogP contribution in [0.2, 0.25) is 0 Å². The molecule has 2 nitrogen and oxygen atoms in total. The molecule has 0 saturated carbocycles. The maximum atomic E-state index is 3.62.